The Balaban J connectivity index is 2.56. The zero-order valence-electron chi connectivity index (χ0n) is 8.83. The summed E-state index contributed by atoms with van der Waals surface area (Å²) in [6, 6.07) is 3.53. The highest BCUT2D eigenvalue weighted by Gasteiger charge is 2.10. The summed E-state index contributed by atoms with van der Waals surface area (Å²) in [5, 5.41) is 8.09. The van der Waals surface area contributed by atoms with Crippen molar-refractivity contribution in [2.75, 3.05) is 12.4 Å². The third-order valence-corrected chi connectivity index (χ3v) is 2.65. The van der Waals surface area contributed by atoms with E-state index in [1.807, 2.05) is 13.0 Å². The van der Waals surface area contributed by atoms with Crippen molar-refractivity contribution in [1.29, 1.82) is 0 Å². The van der Waals surface area contributed by atoms with Crippen molar-refractivity contribution in [2.24, 2.45) is 0 Å². The normalized spacial score (nSPS) is 10.5. The highest BCUT2D eigenvalue weighted by molar-refractivity contribution is 6.36. The summed E-state index contributed by atoms with van der Waals surface area (Å²) in [5.74, 6) is 1.14. The van der Waals surface area contributed by atoms with Crippen molar-refractivity contribution in [2.45, 2.75) is 6.92 Å². The fraction of sp³-hybridized carbons (Fsp3) is 0.200. The Kier molecular flexibility index (Phi) is 3.03. The quantitative estimate of drug-likeness (QED) is 0.899. The van der Waals surface area contributed by atoms with Crippen LogP contribution >= 0.6 is 23.2 Å². The summed E-state index contributed by atoms with van der Waals surface area (Å²) in [6.07, 6.45) is 1.80. The molecule has 0 fully saturated rings. The van der Waals surface area contributed by atoms with Gasteiger partial charge in [0.15, 0.2) is 5.82 Å². The molecule has 6 heteroatoms. The summed E-state index contributed by atoms with van der Waals surface area (Å²) in [5.41, 5.74) is 0.902. The molecule has 4 nitrogen and oxygen atoms in total. The average Bonchev–Trinajstić information content (AvgIpc) is 2.65. The molecule has 0 amide bonds. The maximum Gasteiger partial charge on any atom is 0.174 e. The molecule has 0 saturated heterocycles. The van der Waals surface area contributed by atoms with Crippen molar-refractivity contribution in [3.8, 4) is 5.82 Å². The fourth-order valence-electron chi connectivity index (χ4n) is 1.33. The minimum Gasteiger partial charge on any atom is -0.372 e. The molecule has 1 N–H and O–H groups in total. The number of hydrogen-bond acceptors (Lipinski definition) is 3. The fourth-order valence-corrected chi connectivity index (χ4v) is 1.87. The minimum atomic E-state index is 0.465. The molecule has 0 aromatic carbocycles. The molecule has 0 aliphatic rings. The second-order valence-electron chi connectivity index (χ2n) is 3.28. The Hall–Kier alpha value is -1.26. The number of nitrogens with one attached hydrogen (secondary N) is 1. The maximum absolute atomic E-state index is 6.07. The molecule has 0 atom stereocenters. The molecule has 0 radical (unpaired) electrons. The van der Waals surface area contributed by atoms with Gasteiger partial charge in [-0.05, 0) is 19.1 Å². The van der Waals surface area contributed by atoms with E-state index in [4.69, 9.17) is 23.2 Å². The summed E-state index contributed by atoms with van der Waals surface area (Å²) in [4.78, 5) is 4.30. The number of aromatic nitrogens is 3. The first-order valence-corrected chi connectivity index (χ1v) is 5.44. The van der Waals surface area contributed by atoms with Gasteiger partial charge in [-0.2, -0.15) is 5.10 Å². The van der Waals surface area contributed by atoms with Gasteiger partial charge in [0.25, 0.3) is 0 Å². The van der Waals surface area contributed by atoms with Gasteiger partial charge in [-0.3, -0.25) is 0 Å². The maximum atomic E-state index is 6.07. The van der Waals surface area contributed by atoms with E-state index in [1.165, 1.54) is 0 Å². The van der Waals surface area contributed by atoms with E-state index < -0.39 is 0 Å². The van der Waals surface area contributed by atoms with Crippen LogP contribution in [-0.4, -0.2) is 21.8 Å². The van der Waals surface area contributed by atoms with Crippen LogP contribution in [0.4, 0.5) is 5.82 Å². The molecule has 0 saturated carbocycles. The number of anilines is 1. The zero-order valence-corrected chi connectivity index (χ0v) is 10.3. The average molecular weight is 257 g/mol. The number of aryl methyl sites for hydroxylation is 1. The van der Waals surface area contributed by atoms with Crippen LogP contribution in [0.3, 0.4) is 0 Å². The Morgan fingerprint density at radius 3 is 2.62 bits per heavy atom. The van der Waals surface area contributed by atoms with Crippen LogP contribution in [0, 0.1) is 6.92 Å². The van der Waals surface area contributed by atoms with Crippen LogP contribution in [0.1, 0.15) is 5.69 Å². The molecular formula is C10H10Cl2N4. The number of pyridine rings is 1. The van der Waals surface area contributed by atoms with Gasteiger partial charge in [-0.25, -0.2) is 9.67 Å². The van der Waals surface area contributed by atoms with Gasteiger partial charge in [-0.1, -0.05) is 23.2 Å². The molecule has 2 aromatic rings. The SMILES string of the molecule is CNc1nc(-n2ccc(C)n2)c(Cl)cc1Cl. The first-order valence-electron chi connectivity index (χ1n) is 4.68. The Morgan fingerprint density at radius 1 is 1.31 bits per heavy atom. The van der Waals surface area contributed by atoms with Crippen LogP contribution in [0.5, 0.6) is 0 Å². The lowest BCUT2D eigenvalue weighted by atomic mass is 10.4. The predicted molar refractivity (Wildman–Crippen MR) is 65.7 cm³/mol. The summed E-state index contributed by atoms with van der Waals surface area (Å²) in [6.45, 7) is 1.90. The minimum absolute atomic E-state index is 0.465. The molecule has 2 aromatic heterocycles. The monoisotopic (exact) mass is 256 g/mol. The lowest BCUT2D eigenvalue weighted by Crippen LogP contribution is -2.03. The number of rotatable bonds is 2. The third kappa shape index (κ3) is 1.99. The van der Waals surface area contributed by atoms with E-state index >= 15 is 0 Å². The third-order valence-electron chi connectivity index (χ3n) is 2.09. The number of nitrogens with zero attached hydrogens (tertiary/aromatic N) is 3. The Labute approximate surface area is 103 Å². The van der Waals surface area contributed by atoms with E-state index in [-0.39, 0.29) is 0 Å². The van der Waals surface area contributed by atoms with E-state index in [9.17, 15) is 0 Å². The van der Waals surface area contributed by atoms with Crippen LogP contribution in [0.15, 0.2) is 18.3 Å². The predicted octanol–water partition coefficient (Wildman–Crippen LogP) is 2.92. The van der Waals surface area contributed by atoms with E-state index in [1.54, 1.807) is 24.0 Å². The topological polar surface area (TPSA) is 42.7 Å². The molecule has 0 aliphatic heterocycles. The summed E-state index contributed by atoms with van der Waals surface area (Å²) >= 11 is 12.0. The van der Waals surface area contributed by atoms with Crippen molar-refractivity contribution in [1.82, 2.24) is 14.8 Å². The smallest absolute Gasteiger partial charge is 0.174 e. The first-order chi connectivity index (χ1) is 7.61. The first kappa shape index (κ1) is 11.2. The van der Waals surface area contributed by atoms with Crippen LogP contribution < -0.4 is 5.32 Å². The van der Waals surface area contributed by atoms with Crippen molar-refractivity contribution >= 4 is 29.0 Å². The van der Waals surface area contributed by atoms with Crippen LogP contribution in [0.2, 0.25) is 10.0 Å². The molecule has 0 unspecified atom stereocenters. The van der Waals surface area contributed by atoms with Gasteiger partial charge < -0.3 is 5.32 Å². The van der Waals surface area contributed by atoms with E-state index in [0.29, 0.717) is 21.7 Å². The standard InChI is InChI=1S/C10H10Cl2N4/c1-6-3-4-16(15-6)10-8(12)5-7(11)9(13-2)14-10/h3-5H,1-2H3,(H,13,14). The highest BCUT2D eigenvalue weighted by Crippen LogP contribution is 2.27. The van der Waals surface area contributed by atoms with Gasteiger partial charge in [0, 0.05) is 13.2 Å². The molecule has 0 bridgehead atoms. The highest BCUT2D eigenvalue weighted by atomic mass is 35.5. The zero-order chi connectivity index (χ0) is 11.7. The molecule has 0 aliphatic carbocycles. The van der Waals surface area contributed by atoms with E-state index in [2.05, 4.69) is 15.4 Å². The Morgan fingerprint density at radius 2 is 2.06 bits per heavy atom. The number of hydrogen-bond donors (Lipinski definition) is 1. The van der Waals surface area contributed by atoms with Crippen LogP contribution in [-0.2, 0) is 0 Å². The lowest BCUT2D eigenvalue weighted by Gasteiger charge is -2.08. The van der Waals surface area contributed by atoms with Crippen molar-refractivity contribution in [3.63, 3.8) is 0 Å². The van der Waals surface area contributed by atoms with Gasteiger partial charge in [0.1, 0.15) is 5.82 Å². The second-order valence-corrected chi connectivity index (χ2v) is 4.09. The summed E-state index contributed by atoms with van der Waals surface area (Å²) in [7, 11) is 1.75. The second kappa shape index (κ2) is 4.31. The largest absolute Gasteiger partial charge is 0.372 e. The van der Waals surface area contributed by atoms with Crippen molar-refractivity contribution < 1.29 is 0 Å². The molecule has 16 heavy (non-hydrogen) atoms. The van der Waals surface area contributed by atoms with Gasteiger partial charge in [0.2, 0.25) is 0 Å². The van der Waals surface area contributed by atoms with Gasteiger partial charge in [0.05, 0.1) is 15.7 Å². The molecule has 84 valence electrons. The molecule has 2 heterocycles. The molecular weight excluding hydrogens is 247 g/mol. The van der Waals surface area contributed by atoms with Crippen molar-refractivity contribution in [3.05, 3.63) is 34.1 Å². The summed E-state index contributed by atoms with van der Waals surface area (Å²) < 4.78 is 1.62. The van der Waals surface area contributed by atoms with Crippen LogP contribution in [0.25, 0.3) is 5.82 Å². The van der Waals surface area contributed by atoms with Gasteiger partial charge in [-0.15, -0.1) is 0 Å². The van der Waals surface area contributed by atoms with E-state index in [0.717, 1.165) is 5.69 Å². The molecule has 2 rings (SSSR count). The number of halogens is 2. The Bertz CT molecular complexity index is 522. The molecule has 0 spiro atoms. The van der Waals surface area contributed by atoms with Gasteiger partial charge >= 0.3 is 0 Å². The lowest BCUT2D eigenvalue weighted by molar-refractivity contribution is 0.833.